The highest BCUT2D eigenvalue weighted by atomic mass is 35.5. The van der Waals surface area contributed by atoms with Gasteiger partial charge < -0.3 is 0 Å². The summed E-state index contributed by atoms with van der Waals surface area (Å²) in [6.45, 7) is 4.08. The topological polar surface area (TPSA) is 43.6 Å². The van der Waals surface area contributed by atoms with Crippen molar-refractivity contribution < 1.29 is 0 Å². The largest absolute Gasteiger partial charge is 0.193 e. The fourth-order valence-electron chi connectivity index (χ4n) is 2.21. The molecule has 3 rings (SSSR count). The van der Waals surface area contributed by atoms with E-state index in [9.17, 15) is 0 Å². The lowest BCUT2D eigenvalue weighted by molar-refractivity contribution is 0.787. The van der Waals surface area contributed by atoms with Crippen molar-refractivity contribution in [2.45, 2.75) is 13.8 Å². The van der Waals surface area contributed by atoms with Crippen molar-refractivity contribution in [3.8, 4) is 17.1 Å². The lowest BCUT2D eigenvalue weighted by Gasteiger charge is -2.09. The second-order valence-electron chi connectivity index (χ2n) is 4.83. The van der Waals surface area contributed by atoms with Crippen molar-refractivity contribution in [3.63, 3.8) is 0 Å². The zero-order valence-electron chi connectivity index (χ0n) is 11.5. The number of hydrogen-bond donors (Lipinski definition) is 0. The number of rotatable bonds is 2. The average molecular weight is 319 g/mol. The number of aromatic nitrogens is 4. The van der Waals surface area contributed by atoms with Crippen LogP contribution in [-0.4, -0.2) is 20.2 Å². The van der Waals surface area contributed by atoms with Gasteiger partial charge in [-0.15, -0.1) is 5.10 Å². The van der Waals surface area contributed by atoms with Crippen molar-refractivity contribution in [3.05, 3.63) is 57.6 Å². The van der Waals surface area contributed by atoms with E-state index < -0.39 is 0 Å². The van der Waals surface area contributed by atoms with Crippen LogP contribution in [0.3, 0.4) is 0 Å². The molecule has 0 bridgehead atoms. The number of hydrogen-bond acceptors (Lipinski definition) is 3. The Bertz CT molecular complexity index is 811. The molecule has 0 saturated carbocycles. The zero-order chi connectivity index (χ0) is 15.0. The van der Waals surface area contributed by atoms with Crippen LogP contribution in [0.2, 0.25) is 10.0 Å². The standard InChI is InChI=1S/C15H12Cl2N4/c1-9-3-6-14(10(2)7-9)21-15(18-19-20-21)11-4-5-12(16)13(17)8-11/h3-8H,1-2H3. The van der Waals surface area contributed by atoms with E-state index in [0.29, 0.717) is 15.9 Å². The summed E-state index contributed by atoms with van der Waals surface area (Å²) in [5.74, 6) is 0.625. The van der Waals surface area contributed by atoms with Gasteiger partial charge in [0.25, 0.3) is 0 Å². The monoisotopic (exact) mass is 318 g/mol. The van der Waals surface area contributed by atoms with Gasteiger partial charge in [0.1, 0.15) is 0 Å². The van der Waals surface area contributed by atoms with Gasteiger partial charge in [0.05, 0.1) is 15.7 Å². The van der Waals surface area contributed by atoms with Gasteiger partial charge in [0.15, 0.2) is 5.82 Å². The molecule has 1 heterocycles. The molecule has 0 spiro atoms. The fourth-order valence-corrected chi connectivity index (χ4v) is 2.51. The van der Waals surface area contributed by atoms with Crippen LogP contribution in [0, 0.1) is 13.8 Å². The third-order valence-electron chi connectivity index (χ3n) is 3.23. The minimum Gasteiger partial charge on any atom is -0.193 e. The van der Waals surface area contributed by atoms with Crippen molar-refractivity contribution >= 4 is 23.2 Å². The molecule has 0 unspecified atom stereocenters. The van der Waals surface area contributed by atoms with Gasteiger partial charge in [-0.3, -0.25) is 0 Å². The van der Waals surface area contributed by atoms with Gasteiger partial charge >= 0.3 is 0 Å². The minimum absolute atomic E-state index is 0.476. The molecule has 2 aromatic carbocycles. The van der Waals surface area contributed by atoms with Crippen LogP contribution in [0.15, 0.2) is 36.4 Å². The molecule has 0 saturated heterocycles. The Kier molecular flexibility index (Phi) is 3.66. The van der Waals surface area contributed by atoms with Gasteiger partial charge in [-0.1, -0.05) is 40.9 Å². The van der Waals surface area contributed by atoms with Crippen LogP contribution < -0.4 is 0 Å². The van der Waals surface area contributed by atoms with E-state index in [0.717, 1.165) is 16.8 Å². The predicted molar refractivity (Wildman–Crippen MR) is 84.1 cm³/mol. The number of tetrazole rings is 1. The summed E-state index contributed by atoms with van der Waals surface area (Å²) in [7, 11) is 0. The predicted octanol–water partition coefficient (Wildman–Crippen LogP) is 4.25. The summed E-state index contributed by atoms with van der Waals surface area (Å²) in [5, 5.41) is 12.9. The van der Waals surface area contributed by atoms with Crippen LogP contribution in [0.25, 0.3) is 17.1 Å². The molecule has 4 nitrogen and oxygen atoms in total. The first-order valence-corrected chi connectivity index (χ1v) is 7.13. The van der Waals surface area contributed by atoms with Crippen LogP contribution in [0.1, 0.15) is 11.1 Å². The normalized spacial score (nSPS) is 10.9. The molecule has 0 aliphatic carbocycles. The van der Waals surface area contributed by atoms with Gasteiger partial charge in [-0.05, 0) is 54.1 Å². The Morgan fingerprint density at radius 2 is 1.76 bits per heavy atom. The minimum atomic E-state index is 0.476. The van der Waals surface area contributed by atoms with E-state index in [-0.39, 0.29) is 0 Å². The zero-order valence-corrected chi connectivity index (χ0v) is 13.0. The molecule has 0 aliphatic rings. The van der Waals surface area contributed by atoms with Gasteiger partial charge in [0.2, 0.25) is 0 Å². The van der Waals surface area contributed by atoms with E-state index >= 15 is 0 Å². The Morgan fingerprint density at radius 3 is 2.48 bits per heavy atom. The molecule has 1 aromatic heterocycles. The maximum atomic E-state index is 6.07. The summed E-state index contributed by atoms with van der Waals surface area (Å²) >= 11 is 12.0. The van der Waals surface area contributed by atoms with E-state index in [1.54, 1.807) is 16.8 Å². The Hall–Kier alpha value is -1.91. The van der Waals surface area contributed by atoms with Gasteiger partial charge in [-0.25, -0.2) is 0 Å². The van der Waals surface area contributed by atoms with E-state index in [1.807, 2.05) is 25.1 Å². The third-order valence-corrected chi connectivity index (χ3v) is 3.97. The number of nitrogens with zero attached hydrogens (tertiary/aromatic N) is 4. The lowest BCUT2D eigenvalue weighted by atomic mass is 10.1. The van der Waals surface area contributed by atoms with E-state index in [1.165, 1.54) is 5.56 Å². The molecule has 0 amide bonds. The average Bonchev–Trinajstić information content (AvgIpc) is 2.91. The second kappa shape index (κ2) is 5.47. The van der Waals surface area contributed by atoms with E-state index in [4.69, 9.17) is 23.2 Å². The first kappa shape index (κ1) is 14.0. The van der Waals surface area contributed by atoms with Crippen LogP contribution in [0.4, 0.5) is 0 Å². The molecule has 0 fully saturated rings. The van der Waals surface area contributed by atoms with Crippen LogP contribution in [-0.2, 0) is 0 Å². The van der Waals surface area contributed by atoms with Crippen LogP contribution in [0.5, 0.6) is 0 Å². The van der Waals surface area contributed by atoms with Crippen molar-refractivity contribution in [1.82, 2.24) is 20.2 Å². The molecular weight excluding hydrogens is 307 g/mol. The van der Waals surface area contributed by atoms with Gasteiger partial charge in [-0.2, -0.15) is 4.68 Å². The quantitative estimate of drug-likeness (QED) is 0.709. The van der Waals surface area contributed by atoms with E-state index in [2.05, 4.69) is 28.5 Å². The number of aryl methyl sites for hydroxylation is 2. The molecule has 0 atom stereocenters. The highest BCUT2D eigenvalue weighted by Gasteiger charge is 2.13. The summed E-state index contributed by atoms with van der Waals surface area (Å²) in [6.07, 6.45) is 0. The number of halogens is 2. The van der Waals surface area contributed by atoms with Crippen molar-refractivity contribution in [1.29, 1.82) is 0 Å². The first-order chi connectivity index (χ1) is 10.1. The maximum Gasteiger partial charge on any atom is 0.187 e. The summed E-state index contributed by atoms with van der Waals surface area (Å²) in [5.41, 5.74) is 4.05. The number of benzene rings is 2. The third kappa shape index (κ3) is 2.64. The molecule has 0 N–H and O–H groups in total. The molecule has 6 heteroatoms. The van der Waals surface area contributed by atoms with Crippen LogP contribution >= 0.6 is 23.2 Å². The Labute approximate surface area is 132 Å². The molecule has 0 radical (unpaired) electrons. The van der Waals surface area contributed by atoms with Crippen molar-refractivity contribution in [2.24, 2.45) is 0 Å². The molecule has 0 aliphatic heterocycles. The molecular formula is C15H12Cl2N4. The lowest BCUT2D eigenvalue weighted by Crippen LogP contribution is -2.02. The molecule has 21 heavy (non-hydrogen) atoms. The highest BCUT2D eigenvalue weighted by Crippen LogP contribution is 2.28. The summed E-state index contributed by atoms with van der Waals surface area (Å²) in [6, 6.07) is 11.5. The molecule has 106 valence electrons. The first-order valence-electron chi connectivity index (χ1n) is 6.37. The Balaban J connectivity index is 2.14. The molecule has 3 aromatic rings. The highest BCUT2D eigenvalue weighted by molar-refractivity contribution is 6.42. The smallest absolute Gasteiger partial charge is 0.187 e. The SMILES string of the molecule is Cc1ccc(-n2nnnc2-c2ccc(Cl)c(Cl)c2)c(C)c1. The summed E-state index contributed by atoms with van der Waals surface area (Å²) < 4.78 is 1.70. The van der Waals surface area contributed by atoms with Crippen molar-refractivity contribution in [2.75, 3.05) is 0 Å². The maximum absolute atomic E-state index is 6.07. The summed E-state index contributed by atoms with van der Waals surface area (Å²) in [4.78, 5) is 0. The van der Waals surface area contributed by atoms with Gasteiger partial charge in [0, 0.05) is 5.56 Å². The Morgan fingerprint density at radius 1 is 0.952 bits per heavy atom. The fraction of sp³-hybridized carbons (Fsp3) is 0.133. The second-order valence-corrected chi connectivity index (χ2v) is 5.65.